The predicted molar refractivity (Wildman–Crippen MR) is 59.8 cm³/mol. The first-order valence-electron chi connectivity index (χ1n) is 4.36. The Kier molecular flexibility index (Phi) is 2.83. The molecule has 14 heavy (non-hydrogen) atoms. The fourth-order valence-electron chi connectivity index (χ4n) is 1.20. The van der Waals surface area contributed by atoms with Crippen LogP contribution in [0.2, 0.25) is 10.0 Å². The lowest BCUT2D eigenvalue weighted by atomic mass is 10.3. The van der Waals surface area contributed by atoms with Crippen LogP contribution in [0.3, 0.4) is 0 Å². The van der Waals surface area contributed by atoms with E-state index in [1.54, 1.807) is 12.1 Å². The summed E-state index contributed by atoms with van der Waals surface area (Å²) in [6.45, 7) is 0. The Morgan fingerprint density at radius 2 is 2.00 bits per heavy atom. The van der Waals surface area contributed by atoms with E-state index in [1.165, 1.54) is 0 Å². The maximum Gasteiger partial charge on any atom is 0.140 e. The molecule has 0 N–H and O–H groups in total. The van der Waals surface area contributed by atoms with E-state index in [9.17, 15) is 0 Å². The number of halogens is 3. The number of alkyl halides is 1. The van der Waals surface area contributed by atoms with Crippen molar-refractivity contribution in [3.63, 3.8) is 0 Å². The third-order valence-corrected chi connectivity index (χ3v) is 3.58. The molecule has 0 aromatic heterocycles. The van der Waals surface area contributed by atoms with E-state index in [1.807, 2.05) is 6.07 Å². The molecule has 1 fully saturated rings. The monoisotopic (exact) mass is 250 g/mol. The van der Waals surface area contributed by atoms with Crippen LogP contribution in [0.4, 0.5) is 0 Å². The molecule has 0 bridgehead atoms. The van der Waals surface area contributed by atoms with E-state index < -0.39 is 0 Å². The SMILES string of the molecule is ClCC1(Oc2cccc(Cl)c2Cl)CC1. The van der Waals surface area contributed by atoms with Gasteiger partial charge in [-0.05, 0) is 25.0 Å². The summed E-state index contributed by atoms with van der Waals surface area (Å²) in [6, 6.07) is 5.35. The fraction of sp³-hybridized carbons (Fsp3) is 0.400. The van der Waals surface area contributed by atoms with Gasteiger partial charge in [-0.3, -0.25) is 0 Å². The van der Waals surface area contributed by atoms with Crippen molar-refractivity contribution in [3.05, 3.63) is 28.2 Å². The molecule has 2 rings (SSSR count). The van der Waals surface area contributed by atoms with Crippen LogP contribution in [0.5, 0.6) is 5.75 Å². The highest BCUT2D eigenvalue weighted by molar-refractivity contribution is 6.42. The lowest BCUT2D eigenvalue weighted by Crippen LogP contribution is -2.19. The van der Waals surface area contributed by atoms with Crippen LogP contribution in [0, 0.1) is 0 Å². The standard InChI is InChI=1S/C10H9Cl3O/c11-6-10(4-5-10)14-8-3-1-2-7(12)9(8)13/h1-3H,4-6H2. The van der Waals surface area contributed by atoms with E-state index >= 15 is 0 Å². The third kappa shape index (κ3) is 1.95. The first-order chi connectivity index (χ1) is 6.67. The van der Waals surface area contributed by atoms with Crippen LogP contribution < -0.4 is 4.74 Å². The number of benzene rings is 1. The Bertz CT molecular complexity index is 347. The highest BCUT2D eigenvalue weighted by Crippen LogP contribution is 2.44. The zero-order valence-corrected chi connectivity index (χ0v) is 9.66. The molecule has 0 saturated heterocycles. The van der Waals surface area contributed by atoms with Crippen molar-refractivity contribution in [3.8, 4) is 5.75 Å². The van der Waals surface area contributed by atoms with Crippen LogP contribution in [0.15, 0.2) is 18.2 Å². The van der Waals surface area contributed by atoms with Gasteiger partial charge < -0.3 is 4.74 Å². The second kappa shape index (κ2) is 3.80. The van der Waals surface area contributed by atoms with Crippen molar-refractivity contribution in [1.82, 2.24) is 0 Å². The number of hydrogen-bond donors (Lipinski definition) is 0. The molecule has 0 spiro atoms. The third-order valence-electron chi connectivity index (χ3n) is 2.29. The molecular weight excluding hydrogens is 242 g/mol. The van der Waals surface area contributed by atoms with Crippen molar-refractivity contribution in [2.24, 2.45) is 0 Å². The molecule has 1 aliphatic carbocycles. The number of ether oxygens (including phenoxy) is 1. The zero-order valence-electron chi connectivity index (χ0n) is 7.40. The first kappa shape index (κ1) is 10.4. The molecule has 76 valence electrons. The van der Waals surface area contributed by atoms with Crippen molar-refractivity contribution in [2.45, 2.75) is 18.4 Å². The summed E-state index contributed by atoms with van der Waals surface area (Å²) in [5.41, 5.74) is -0.199. The van der Waals surface area contributed by atoms with Crippen LogP contribution in [-0.4, -0.2) is 11.5 Å². The average molecular weight is 252 g/mol. The van der Waals surface area contributed by atoms with E-state index in [-0.39, 0.29) is 5.60 Å². The summed E-state index contributed by atoms with van der Waals surface area (Å²) < 4.78 is 5.73. The largest absolute Gasteiger partial charge is 0.484 e. The summed E-state index contributed by atoms with van der Waals surface area (Å²) in [5, 5.41) is 0.972. The molecule has 0 unspecified atom stereocenters. The zero-order chi connectivity index (χ0) is 10.2. The van der Waals surface area contributed by atoms with Gasteiger partial charge >= 0.3 is 0 Å². The van der Waals surface area contributed by atoms with Gasteiger partial charge in [0.2, 0.25) is 0 Å². The topological polar surface area (TPSA) is 9.23 Å². The minimum absolute atomic E-state index is 0.199. The van der Waals surface area contributed by atoms with E-state index in [2.05, 4.69) is 0 Å². The first-order valence-corrected chi connectivity index (χ1v) is 5.65. The summed E-state index contributed by atoms with van der Waals surface area (Å²) in [4.78, 5) is 0. The molecule has 0 amide bonds. The van der Waals surface area contributed by atoms with E-state index in [0.717, 1.165) is 12.8 Å². The van der Waals surface area contributed by atoms with Gasteiger partial charge in [0.1, 0.15) is 16.4 Å². The Labute approximate surface area is 97.9 Å². The van der Waals surface area contributed by atoms with Gasteiger partial charge in [-0.25, -0.2) is 0 Å². The van der Waals surface area contributed by atoms with Gasteiger partial charge in [-0.2, -0.15) is 0 Å². The number of hydrogen-bond acceptors (Lipinski definition) is 1. The molecule has 1 aromatic rings. The molecule has 0 aliphatic heterocycles. The molecule has 4 heteroatoms. The Morgan fingerprint density at radius 3 is 2.57 bits per heavy atom. The molecule has 1 aliphatic rings. The maximum atomic E-state index is 5.98. The van der Waals surface area contributed by atoms with Gasteiger partial charge in [-0.1, -0.05) is 29.3 Å². The molecular formula is C10H9Cl3O. The quantitative estimate of drug-likeness (QED) is 0.734. The predicted octanol–water partition coefficient (Wildman–Crippen LogP) is 4.14. The normalized spacial score (nSPS) is 17.9. The molecule has 1 nitrogen and oxygen atoms in total. The van der Waals surface area contributed by atoms with Gasteiger partial charge in [0.05, 0.1) is 10.9 Å². The lowest BCUT2D eigenvalue weighted by Gasteiger charge is -2.16. The second-order valence-corrected chi connectivity index (χ2v) is 4.52. The maximum absolute atomic E-state index is 5.98. The van der Waals surface area contributed by atoms with Gasteiger partial charge in [0, 0.05) is 0 Å². The Morgan fingerprint density at radius 1 is 1.29 bits per heavy atom. The Hall–Kier alpha value is -0.110. The summed E-state index contributed by atoms with van der Waals surface area (Å²) in [6.07, 6.45) is 1.97. The van der Waals surface area contributed by atoms with Crippen molar-refractivity contribution < 1.29 is 4.74 Å². The van der Waals surface area contributed by atoms with E-state index in [4.69, 9.17) is 39.5 Å². The Balaban J connectivity index is 2.21. The summed E-state index contributed by atoms with van der Waals surface area (Å²) in [5.74, 6) is 1.12. The number of rotatable bonds is 3. The smallest absolute Gasteiger partial charge is 0.140 e. The minimum atomic E-state index is -0.199. The van der Waals surface area contributed by atoms with Gasteiger partial charge in [0.25, 0.3) is 0 Å². The van der Waals surface area contributed by atoms with E-state index in [0.29, 0.717) is 21.7 Å². The molecule has 1 saturated carbocycles. The molecule has 0 heterocycles. The minimum Gasteiger partial charge on any atom is -0.484 e. The van der Waals surface area contributed by atoms with Gasteiger partial charge in [0.15, 0.2) is 0 Å². The van der Waals surface area contributed by atoms with Crippen LogP contribution in [0.25, 0.3) is 0 Å². The lowest BCUT2D eigenvalue weighted by molar-refractivity contribution is 0.204. The molecule has 1 aromatic carbocycles. The second-order valence-electron chi connectivity index (χ2n) is 3.47. The highest BCUT2D eigenvalue weighted by atomic mass is 35.5. The average Bonchev–Trinajstić information content (AvgIpc) is 2.94. The van der Waals surface area contributed by atoms with Crippen LogP contribution in [-0.2, 0) is 0 Å². The highest BCUT2D eigenvalue weighted by Gasteiger charge is 2.45. The molecule has 0 radical (unpaired) electrons. The van der Waals surface area contributed by atoms with Crippen molar-refractivity contribution in [2.75, 3.05) is 5.88 Å². The summed E-state index contributed by atoms with van der Waals surface area (Å²) in [7, 11) is 0. The van der Waals surface area contributed by atoms with Gasteiger partial charge in [-0.15, -0.1) is 11.6 Å². The fourth-order valence-corrected chi connectivity index (χ4v) is 1.85. The summed E-state index contributed by atoms with van der Waals surface area (Å²) >= 11 is 17.6. The van der Waals surface area contributed by atoms with Crippen LogP contribution in [0.1, 0.15) is 12.8 Å². The van der Waals surface area contributed by atoms with Crippen molar-refractivity contribution in [1.29, 1.82) is 0 Å². The molecule has 0 atom stereocenters. The van der Waals surface area contributed by atoms with Crippen LogP contribution >= 0.6 is 34.8 Å². The van der Waals surface area contributed by atoms with Crippen molar-refractivity contribution >= 4 is 34.8 Å².